The first-order chi connectivity index (χ1) is 8.10. The molecule has 1 aromatic rings. The molecule has 0 unspecified atom stereocenters. The van der Waals surface area contributed by atoms with Gasteiger partial charge in [-0.1, -0.05) is 6.07 Å². The third kappa shape index (κ3) is 3.53. The van der Waals surface area contributed by atoms with Crippen molar-refractivity contribution in [1.29, 1.82) is 0 Å². The molecule has 1 aromatic carbocycles. The largest absolute Gasteiger partial charge is 0.496 e. The standard InChI is InChI=1S/C12H16ClNO3/c1-8-10(16-2)5-4-9(11(8)17-3)6-7-14-12(13)15/h4-5H,6-7H2,1-3H3,(H,14,15). The van der Waals surface area contributed by atoms with Crippen LogP contribution in [0, 0.1) is 6.92 Å². The number of halogens is 1. The topological polar surface area (TPSA) is 47.6 Å². The van der Waals surface area contributed by atoms with E-state index >= 15 is 0 Å². The lowest BCUT2D eigenvalue weighted by atomic mass is 10.1. The van der Waals surface area contributed by atoms with Crippen LogP contribution in [0.15, 0.2) is 12.1 Å². The zero-order valence-corrected chi connectivity index (χ0v) is 10.9. The number of methoxy groups -OCH3 is 2. The predicted octanol–water partition coefficient (Wildman–Crippen LogP) is 2.50. The lowest BCUT2D eigenvalue weighted by Gasteiger charge is -2.14. The minimum atomic E-state index is -0.547. The Morgan fingerprint density at radius 1 is 1.35 bits per heavy atom. The van der Waals surface area contributed by atoms with Gasteiger partial charge in [-0.15, -0.1) is 0 Å². The highest BCUT2D eigenvalue weighted by Gasteiger charge is 2.10. The molecule has 4 nitrogen and oxygen atoms in total. The van der Waals surface area contributed by atoms with Gasteiger partial charge in [0.05, 0.1) is 14.2 Å². The van der Waals surface area contributed by atoms with E-state index in [1.165, 1.54) is 0 Å². The molecule has 94 valence electrons. The monoisotopic (exact) mass is 257 g/mol. The summed E-state index contributed by atoms with van der Waals surface area (Å²) in [5.41, 5.74) is 1.96. The fourth-order valence-electron chi connectivity index (χ4n) is 1.73. The highest BCUT2D eigenvalue weighted by Crippen LogP contribution is 2.31. The van der Waals surface area contributed by atoms with Crippen LogP contribution in [0.4, 0.5) is 4.79 Å². The Kier molecular flexibility index (Phi) is 5.10. The molecule has 1 rings (SSSR count). The first-order valence-corrected chi connectivity index (χ1v) is 5.61. The van der Waals surface area contributed by atoms with Crippen LogP contribution in [0.1, 0.15) is 11.1 Å². The van der Waals surface area contributed by atoms with Gasteiger partial charge < -0.3 is 14.8 Å². The zero-order valence-electron chi connectivity index (χ0n) is 10.2. The third-order valence-electron chi connectivity index (χ3n) is 2.52. The van der Waals surface area contributed by atoms with E-state index in [9.17, 15) is 4.79 Å². The second-order valence-corrected chi connectivity index (χ2v) is 3.88. The van der Waals surface area contributed by atoms with E-state index in [1.807, 2.05) is 19.1 Å². The summed E-state index contributed by atoms with van der Waals surface area (Å²) in [4.78, 5) is 10.6. The van der Waals surface area contributed by atoms with Crippen molar-refractivity contribution in [3.05, 3.63) is 23.3 Å². The smallest absolute Gasteiger partial charge is 0.313 e. The third-order valence-corrected chi connectivity index (χ3v) is 2.65. The van der Waals surface area contributed by atoms with Crippen LogP contribution in [-0.4, -0.2) is 26.1 Å². The second kappa shape index (κ2) is 6.35. The van der Waals surface area contributed by atoms with Gasteiger partial charge in [0, 0.05) is 12.1 Å². The molecule has 0 bridgehead atoms. The van der Waals surface area contributed by atoms with Crippen LogP contribution in [0.25, 0.3) is 0 Å². The van der Waals surface area contributed by atoms with E-state index in [4.69, 9.17) is 21.1 Å². The van der Waals surface area contributed by atoms with E-state index in [-0.39, 0.29) is 0 Å². The fraction of sp³-hybridized carbons (Fsp3) is 0.417. The Morgan fingerprint density at radius 2 is 2.06 bits per heavy atom. The molecule has 1 amide bonds. The first kappa shape index (κ1) is 13.6. The average molecular weight is 258 g/mol. The molecule has 17 heavy (non-hydrogen) atoms. The molecule has 0 aliphatic rings. The van der Waals surface area contributed by atoms with Gasteiger partial charge in [-0.3, -0.25) is 4.79 Å². The number of amides is 1. The van der Waals surface area contributed by atoms with Crippen molar-refractivity contribution in [2.24, 2.45) is 0 Å². The molecule has 0 heterocycles. The Bertz CT molecular complexity index is 407. The maximum absolute atomic E-state index is 10.6. The van der Waals surface area contributed by atoms with Crippen LogP contribution in [0.5, 0.6) is 11.5 Å². The van der Waals surface area contributed by atoms with Gasteiger partial charge in [-0.05, 0) is 36.6 Å². The predicted molar refractivity (Wildman–Crippen MR) is 67.2 cm³/mol. The molecule has 0 saturated carbocycles. The molecule has 0 spiro atoms. The van der Waals surface area contributed by atoms with Crippen molar-refractivity contribution >= 4 is 17.0 Å². The Morgan fingerprint density at radius 3 is 2.59 bits per heavy atom. The average Bonchev–Trinajstić information content (AvgIpc) is 2.29. The summed E-state index contributed by atoms with van der Waals surface area (Å²) in [5.74, 6) is 1.57. The van der Waals surface area contributed by atoms with E-state index in [0.29, 0.717) is 13.0 Å². The number of hydrogen-bond donors (Lipinski definition) is 1. The van der Waals surface area contributed by atoms with Gasteiger partial charge in [0.1, 0.15) is 11.5 Å². The minimum absolute atomic E-state index is 0.477. The zero-order chi connectivity index (χ0) is 12.8. The summed E-state index contributed by atoms with van der Waals surface area (Å²) >= 11 is 5.20. The number of ether oxygens (including phenoxy) is 2. The molecule has 5 heteroatoms. The van der Waals surface area contributed by atoms with Crippen molar-refractivity contribution in [1.82, 2.24) is 5.32 Å². The molecule has 0 aliphatic carbocycles. The van der Waals surface area contributed by atoms with Gasteiger partial charge in [0.15, 0.2) is 0 Å². The summed E-state index contributed by atoms with van der Waals surface area (Å²) in [7, 11) is 3.24. The fourth-order valence-corrected chi connectivity index (χ4v) is 1.82. The molecular weight excluding hydrogens is 242 g/mol. The number of carbonyl (C=O) groups excluding carboxylic acids is 1. The van der Waals surface area contributed by atoms with Gasteiger partial charge in [-0.2, -0.15) is 0 Å². The first-order valence-electron chi connectivity index (χ1n) is 5.24. The molecule has 0 aliphatic heterocycles. The van der Waals surface area contributed by atoms with Crippen molar-refractivity contribution in [2.75, 3.05) is 20.8 Å². The van der Waals surface area contributed by atoms with E-state index in [0.717, 1.165) is 22.6 Å². The Hall–Kier alpha value is -1.42. The van der Waals surface area contributed by atoms with Gasteiger partial charge >= 0.3 is 5.37 Å². The van der Waals surface area contributed by atoms with Gasteiger partial charge in [-0.25, -0.2) is 0 Å². The quantitative estimate of drug-likeness (QED) is 0.651. The lowest BCUT2D eigenvalue weighted by Crippen LogP contribution is -2.19. The van der Waals surface area contributed by atoms with Crippen molar-refractivity contribution in [3.63, 3.8) is 0 Å². The molecule has 0 radical (unpaired) electrons. The SMILES string of the molecule is COc1ccc(CCNC(=O)Cl)c(OC)c1C. The Balaban J connectivity index is 2.85. The van der Waals surface area contributed by atoms with Crippen molar-refractivity contribution < 1.29 is 14.3 Å². The van der Waals surface area contributed by atoms with Crippen LogP contribution in [0.2, 0.25) is 0 Å². The molecule has 0 aromatic heterocycles. The minimum Gasteiger partial charge on any atom is -0.496 e. The maximum Gasteiger partial charge on any atom is 0.313 e. The highest BCUT2D eigenvalue weighted by molar-refractivity contribution is 6.62. The number of carbonyl (C=O) groups is 1. The van der Waals surface area contributed by atoms with E-state index in [1.54, 1.807) is 14.2 Å². The molecule has 0 saturated heterocycles. The summed E-state index contributed by atoms with van der Waals surface area (Å²) < 4.78 is 10.6. The van der Waals surface area contributed by atoms with Crippen LogP contribution in [0.3, 0.4) is 0 Å². The summed E-state index contributed by atoms with van der Waals surface area (Å²) in [6, 6.07) is 3.81. The van der Waals surface area contributed by atoms with Crippen molar-refractivity contribution in [2.45, 2.75) is 13.3 Å². The normalized spacial score (nSPS) is 9.88. The number of rotatable bonds is 5. The molecule has 0 atom stereocenters. The summed E-state index contributed by atoms with van der Waals surface area (Å²) in [5, 5.41) is 1.99. The number of hydrogen-bond acceptors (Lipinski definition) is 3. The van der Waals surface area contributed by atoms with Gasteiger partial charge in [0.25, 0.3) is 0 Å². The highest BCUT2D eigenvalue weighted by atomic mass is 35.5. The van der Waals surface area contributed by atoms with Crippen LogP contribution in [-0.2, 0) is 6.42 Å². The molecule has 1 N–H and O–H groups in total. The number of nitrogens with one attached hydrogen (secondary N) is 1. The molecular formula is C12H16ClNO3. The van der Waals surface area contributed by atoms with E-state index in [2.05, 4.69) is 5.32 Å². The molecule has 0 fully saturated rings. The van der Waals surface area contributed by atoms with Gasteiger partial charge in [0.2, 0.25) is 0 Å². The Labute approximate surface area is 106 Å². The summed E-state index contributed by atoms with van der Waals surface area (Å²) in [6.07, 6.45) is 0.659. The second-order valence-electron chi connectivity index (χ2n) is 3.54. The van der Waals surface area contributed by atoms with Crippen molar-refractivity contribution in [3.8, 4) is 11.5 Å². The van der Waals surface area contributed by atoms with Crippen LogP contribution < -0.4 is 14.8 Å². The van der Waals surface area contributed by atoms with Crippen LogP contribution >= 0.6 is 11.6 Å². The lowest BCUT2D eigenvalue weighted by molar-refractivity contribution is 0.260. The maximum atomic E-state index is 10.6. The van der Waals surface area contributed by atoms with E-state index < -0.39 is 5.37 Å². The number of benzene rings is 1. The summed E-state index contributed by atoms with van der Waals surface area (Å²) in [6.45, 7) is 2.41.